The van der Waals surface area contributed by atoms with Crippen LogP contribution >= 0.6 is 0 Å². The van der Waals surface area contributed by atoms with Crippen LogP contribution in [0.1, 0.15) is 17.0 Å². The lowest BCUT2D eigenvalue weighted by Gasteiger charge is -2.24. The maximum atomic E-state index is 11.6. The van der Waals surface area contributed by atoms with Gasteiger partial charge in [-0.25, -0.2) is 13.4 Å². The first kappa shape index (κ1) is 27.2. The van der Waals surface area contributed by atoms with Crippen molar-refractivity contribution in [3.63, 3.8) is 0 Å². The van der Waals surface area contributed by atoms with Crippen LogP contribution in [-0.4, -0.2) is 84.8 Å². The van der Waals surface area contributed by atoms with E-state index in [0.29, 0.717) is 4.90 Å². The SMILES string of the molecule is Cc1[nH]cnc1CN(CCN(C)C)Cc1ccc(S(C)(=O)=O)cc1.O=CO.O=CO. The highest BCUT2D eigenvalue weighted by Gasteiger charge is 2.12. The van der Waals surface area contributed by atoms with Crippen LogP contribution in [0.15, 0.2) is 35.5 Å². The van der Waals surface area contributed by atoms with Crippen molar-refractivity contribution >= 4 is 22.8 Å². The van der Waals surface area contributed by atoms with Crippen molar-refractivity contribution in [2.75, 3.05) is 33.4 Å². The molecule has 0 unspecified atom stereocenters. The molecule has 0 aliphatic carbocycles. The van der Waals surface area contributed by atoms with Crippen molar-refractivity contribution in [2.24, 2.45) is 0 Å². The van der Waals surface area contributed by atoms with Crippen molar-refractivity contribution in [3.05, 3.63) is 47.5 Å². The van der Waals surface area contributed by atoms with Crippen LogP contribution in [0.3, 0.4) is 0 Å². The number of imidazole rings is 1. The first-order valence-electron chi connectivity index (χ1n) is 8.89. The molecule has 0 saturated heterocycles. The fourth-order valence-corrected chi connectivity index (χ4v) is 3.04. The van der Waals surface area contributed by atoms with Crippen LogP contribution in [0.25, 0.3) is 0 Å². The summed E-state index contributed by atoms with van der Waals surface area (Å²) in [4.78, 5) is 29.0. The van der Waals surface area contributed by atoms with Gasteiger partial charge in [-0.15, -0.1) is 0 Å². The molecule has 0 atom stereocenters. The first-order chi connectivity index (χ1) is 14.1. The monoisotopic (exact) mass is 442 g/mol. The summed E-state index contributed by atoms with van der Waals surface area (Å²) in [6.45, 7) is 4.90. The number of benzene rings is 1. The molecule has 0 saturated carbocycles. The van der Waals surface area contributed by atoms with Gasteiger partial charge in [-0.2, -0.15) is 0 Å². The molecule has 2 rings (SSSR count). The van der Waals surface area contributed by atoms with Crippen LogP contribution in [0.2, 0.25) is 0 Å². The highest BCUT2D eigenvalue weighted by atomic mass is 32.2. The number of aromatic amines is 1. The van der Waals surface area contributed by atoms with Crippen molar-refractivity contribution in [1.29, 1.82) is 0 Å². The van der Waals surface area contributed by atoms with Gasteiger partial charge in [0.25, 0.3) is 12.9 Å². The Morgan fingerprint density at radius 1 is 1.03 bits per heavy atom. The molecule has 168 valence electrons. The molecular formula is C19H30N4O6S. The fraction of sp³-hybridized carbons (Fsp3) is 0.421. The summed E-state index contributed by atoms with van der Waals surface area (Å²) < 4.78 is 23.1. The van der Waals surface area contributed by atoms with Gasteiger partial charge >= 0.3 is 0 Å². The van der Waals surface area contributed by atoms with E-state index in [0.717, 1.165) is 43.1 Å². The predicted molar refractivity (Wildman–Crippen MR) is 113 cm³/mol. The molecule has 0 aliphatic heterocycles. The van der Waals surface area contributed by atoms with E-state index in [4.69, 9.17) is 19.8 Å². The van der Waals surface area contributed by atoms with E-state index in [1.165, 1.54) is 6.26 Å². The van der Waals surface area contributed by atoms with Gasteiger partial charge in [-0.3, -0.25) is 14.5 Å². The second kappa shape index (κ2) is 14.3. The van der Waals surface area contributed by atoms with Gasteiger partial charge in [-0.05, 0) is 38.7 Å². The minimum atomic E-state index is -3.15. The number of hydrogen-bond acceptors (Lipinski definition) is 7. The van der Waals surface area contributed by atoms with Crippen molar-refractivity contribution in [3.8, 4) is 0 Å². The van der Waals surface area contributed by atoms with E-state index >= 15 is 0 Å². The number of carboxylic acid groups (broad SMARTS) is 2. The topological polar surface area (TPSA) is 144 Å². The number of H-pyrrole nitrogens is 1. The van der Waals surface area contributed by atoms with Gasteiger partial charge in [0.05, 0.1) is 16.9 Å². The number of aryl methyl sites for hydroxylation is 1. The van der Waals surface area contributed by atoms with E-state index in [9.17, 15) is 8.42 Å². The summed E-state index contributed by atoms with van der Waals surface area (Å²) in [5, 5.41) is 13.8. The Hall–Kier alpha value is -2.76. The summed E-state index contributed by atoms with van der Waals surface area (Å²) in [6, 6.07) is 7.12. The third kappa shape index (κ3) is 11.3. The lowest BCUT2D eigenvalue weighted by molar-refractivity contribution is -0.123. The maximum Gasteiger partial charge on any atom is 0.290 e. The van der Waals surface area contributed by atoms with E-state index in [1.54, 1.807) is 18.5 Å². The summed E-state index contributed by atoms with van der Waals surface area (Å²) in [6.07, 6.45) is 2.95. The number of hydrogen-bond donors (Lipinski definition) is 3. The molecule has 1 aromatic carbocycles. The fourth-order valence-electron chi connectivity index (χ4n) is 2.41. The molecule has 0 aliphatic rings. The molecular weight excluding hydrogens is 412 g/mol. The standard InChI is InChI=1S/C17H26N4O2S.2CH2O2/c1-14-17(19-13-18-14)12-21(10-9-20(2)3)11-15-5-7-16(8-6-15)24(4,22)23;2*2-1-3/h5-8,13H,9-12H2,1-4H3,(H,18,19);2*1H,(H,2,3). The first-order valence-corrected chi connectivity index (χ1v) is 10.8. The molecule has 2 aromatic rings. The summed E-state index contributed by atoms with van der Waals surface area (Å²) in [7, 11) is 0.958. The van der Waals surface area contributed by atoms with E-state index in [2.05, 4.69) is 33.9 Å². The van der Waals surface area contributed by atoms with E-state index in [-0.39, 0.29) is 12.9 Å². The molecule has 1 heterocycles. The van der Waals surface area contributed by atoms with Crippen LogP contribution in [0.4, 0.5) is 0 Å². The number of carbonyl (C=O) groups is 2. The second-order valence-corrected chi connectivity index (χ2v) is 8.63. The average molecular weight is 443 g/mol. The third-order valence-electron chi connectivity index (χ3n) is 3.93. The van der Waals surface area contributed by atoms with Crippen molar-refractivity contribution < 1.29 is 28.2 Å². The Morgan fingerprint density at radius 2 is 1.57 bits per heavy atom. The molecule has 11 heteroatoms. The molecule has 0 fully saturated rings. The zero-order chi connectivity index (χ0) is 23.2. The zero-order valence-electron chi connectivity index (χ0n) is 17.6. The second-order valence-electron chi connectivity index (χ2n) is 6.62. The van der Waals surface area contributed by atoms with Crippen LogP contribution in [-0.2, 0) is 32.5 Å². The lowest BCUT2D eigenvalue weighted by atomic mass is 10.2. The molecule has 10 nitrogen and oxygen atoms in total. The van der Waals surface area contributed by atoms with Crippen LogP contribution in [0, 0.1) is 6.92 Å². The lowest BCUT2D eigenvalue weighted by Crippen LogP contribution is -2.31. The number of nitrogens with one attached hydrogen (secondary N) is 1. The van der Waals surface area contributed by atoms with Crippen molar-refractivity contribution in [1.82, 2.24) is 19.8 Å². The molecule has 1 aromatic heterocycles. The molecule has 0 bridgehead atoms. The van der Waals surface area contributed by atoms with Gasteiger partial charge < -0.3 is 20.1 Å². The predicted octanol–water partition coefficient (Wildman–Crippen LogP) is 1.09. The minimum absolute atomic E-state index is 0.250. The van der Waals surface area contributed by atoms with Crippen LogP contribution < -0.4 is 0 Å². The molecule has 0 spiro atoms. The van der Waals surface area contributed by atoms with E-state index < -0.39 is 9.84 Å². The number of likely N-dealkylation sites (N-methyl/N-ethyl adjacent to an activating group) is 1. The Kier molecular flexibility index (Phi) is 12.9. The van der Waals surface area contributed by atoms with Gasteiger partial charge in [0.1, 0.15) is 0 Å². The molecule has 3 N–H and O–H groups in total. The quantitative estimate of drug-likeness (QED) is 0.512. The van der Waals surface area contributed by atoms with Gasteiger partial charge in [-0.1, -0.05) is 12.1 Å². The normalized spacial score (nSPS) is 10.6. The molecule has 0 radical (unpaired) electrons. The Labute approximate surface area is 177 Å². The van der Waals surface area contributed by atoms with Gasteiger partial charge in [0.2, 0.25) is 0 Å². The number of sulfone groups is 1. The Balaban J connectivity index is 0.00000125. The maximum absolute atomic E-state index is 11.6. The number of rotatable bonds is 8. The molecule has 30 heavy (non-hydrogen) atoms. The average Bonchev–Trinajstić information content (AvgIpc) is 3.05. The Morgan fingerprint density at radius 3 is 1.97 bits per heavy atom. The number of aromatic nitrogens is 2. The highest BCUT2D eigenvalue weighted by Crippen LogP contribution is 2.14. The van der Waals surface area contributed by atoms with Gasteiger partial charge in [0.15, 0.2) is 9.84 Å². The van der Waals surface area contributed by atoms with Gasteiger partial charge in [0, 0.05) is 38.1 Å². The van der Waals surface area contributed by atoms with E-state index in [1.807, 2.05) is 19.1 Å². The summed E-state index contributed by atoms with van der Waals surface area (Å²) in [5.74, 6) is 0. The summed E-state index contributed by atoms with van der Waals surface area (Å²) >= 11 is 0. The molecule has 0 amide bonds. The Bertz CT molecular complexity index is 844. The third-order valence-corrected chi connectivity index (χ3v) is 5.06. The van der Waals surface area contributed by atoms with Crippen LogP contribution in [0.5, 0.6) is 0 Å². The zero-order valence-corrected chi connectivity index (χ0v) is 18.5. The van der Waals surface area contributed by atoms with Crippen molar-refractivity contribution in [2.45, 2.75) is 24.9 Å². The smallest absolute Gasteiger partial charge is 0.290 e. The summed E-state index contributed by atoms with van der Waals surface area (Å²) in [5.41, 5.74) is 3.22. The highest BCUT2D eigenvalue weighted by molar-refractivity contribution is 7.90. The number of nitrogens with zero attached hydrogens (tertiary/aromatic N) is 3. The largest absolute Gasteiger partial charge is 0.483 e. The minimum Gasteiger partial charge on any atom is -0.483 e.